The number of aryl methyl sites for hydroxylation is 1. The second kappa shape index (κ2) is 7.78. The predicted molar refractivity (Wildman–Crippen MR) is 115 cm³/mol. The second-order valence-corrected chi connectivity index (χ2v) is 8.14. The van der Waals surface area contributed by atoms with Crippen molar-refractivity contribution in [3.8, 4) is 5.75 Å². The fraction of sp³-hybridized carbons (Fsp3) is 0.292. The van der Waals surface area contributed by atoms with Crippen LogP contribution in [0, 0.1) is 12.8 Å². The largest absolute Gasteiger partial charge is 0.508 e. The van der Waals surface area contributed by atoms with Gasteiger partial charge in [0.05, 0.1) is 0 Å². The summed E-state index contributed by atoms with van der Waals surface area (Å²) < 4.78 is 0. The molecular weight excluding hydrogens is 378 g/mol. The van der Waals surface area contributed by atoms with Crippen LogP contribution in [0.1, 0.15) is 43.9 Å². The minimum absolute atomic E-state index is 0.0563. The molecule has 1 aliphatic carbocycles. The number of anilines is 1. The molecular formula is C24H25N3O3. The number of rotatable bonds is 3. The Hall–Kier alpha value is -3.41. The van der Waals surface area contributed by atoms with Crippen molar-refractivity contribution in [1.29, 1.82) is 0 Å². The van der Waals surface area contributed by atoms with Crippen molar-refractivity contribution in [2.45, 2.75) is 39.5 Å². The smallest absolute Gasteiger partial charge is 0.255 e. The zero-order chi connectivity index (χ0) is 21.4. The highest BCUT2D eigenvalue weighted by molar-refractivity contribution is 6.09. The van der Waals surface area contributed by atoms with Crippen LogP contribution in [-0.2, 0) is 9.59 Å². The van der Waals surface area contributed by atoms with Crippen LogP contribution in [0.15, 0.2) is 65.0 Å². The van der Waals surface area contributed by atoms with Crippen LogP contribution in [-0.4, -0.2) is 21.8 Å². The Balaban J connectivity index is 1.79. The number of allylic oxidation sites excluding steroid dienone is 3. The van der Waals surface area contributed by atoms with Crippen molar-refractivity contribution in [2.75, 3.05) is 5.32 Å². The van der Waals surface area contributed by atoms with Crippen molar-refractivity contribution in [3.63, 3.8) is 0 Å². The average molecular weight is 403 g/mol. The molecule has 0 unspecified atom stereocenters. The number of aromatic hydroxyl groups is 1. The molecule has 2 aromatic rings. The van der Waals surface area contributed by atoms with E-state index in [1.807, 2.05) is 26.0 Å². The van der Waals surface area contributed by atoms with Gasteiger partial charge in [-0.25, -0.2) is 4.98 Å². The molecule has 6 heteroatoms. The van der Waals surface area contributed by atoms with E-state index < -0.39 is 5.92 Å². The highest BCUT2D eigenvalue weighted by Gasteiger charge is 2.39. The van der Waals surface area contributed by atoms with Gasteiger partial charge in [-0.1, -0.05) is 25.1 Å². The predicted octanol–water partition coefficient (Wildman–Crippen LogP) is 3.95. The Morgan fingerprint density at radius 1 is 1.13 bits per heavy atom. The number of nitrogens with zero attached hydrogens (tertiary/aromatic N) is 1. The number of ketones is 1. The SMILES string of the molecule is CC1=C(C(=O)Nc2cccc(C)n2)[C@H](c2ccc(O)cc2)C2=C(C[C@H](C)CC2=O)N1. The van der Waals surface area contributed by atoms with Gasteiger partial charge in [-0.2, -0.15) is 0 Å². The molecule has 0 radical (unpaired) electrons. The van der Waals surface area contributed by atoms with E-state index in [2.05, 4.69) is 22.5 Å². The summed E-state index contributed by atoms with van der Waals surface area (Å²) in [7, 11) is 0. The number of nitrogens with one attached hydrogen (secondary N) is 2. The van der Waals surface area contributed by atoms with Gasteiger partial charge >= 0.3 is 0 Å². The molecule has 2 heterocycles. The highest BCUT2D eigenvalue weighted by Crippen LogP contribution is 2.43. The summed E-state index contributed by atoms with van der Waals surface area (Å²) >= 11 is 0. The second-order valence-electron chi connectivity index (χ2n) is 8.14. The number of Topliss-reactive ketones (excluding diaryl/α,β-unsaturated/α-hetero) is 1. The zero-order valence-corrected chi connectivity index (χ0v) is 17.3. The van der Waals surface area contributed by atoms with Crippen molar-refractivity contribution < 1.29 is 14.7 Å². The summed E-state index contributed by atoms with van der Waals surface area (Å²) in [6, 6.07) is 12.1. The van der Waals surface area contributed by atoms with Crippen LogP contribution in [0.25, 0.3) is 0 Å². The summed E-state index contributed by atoms with van der Waals surface area (Å²) in [4.78, 5) is 30.8. The maximum absolute atomic E-state index is 13.4. The van der Waals surface area contributed by atoms with Crippen LogP contribution < -0.4 is 10.6 Å². The first-order valence-electron chi connectivity index (χ1n) is 10.1. The fourth-order valence-electron chi connectivity index (χ4n) is 4.33. The molecule has 0 fully saturated rings. The van der Waals surface area contributed by atoms with Crippen molar-refractivity contribution in [1.82, 2.24) is 10.3 Å². The third-order valence-electron chi connectivity index (χ3n) is 5.63. The maximum Gasteiger partial charge on any atom is 0.255 e. The lowest BCUT2D eigenvalue weighted by Crippen LogP contribution is -2.37. The minimum Gasteiger partial charge on any atom is -0.508 e. The molecule has 0 spiro atoms. The van der Waals surface area contributed by atoms with Crippen molar-refractivity contribution in [3.05, 3.63) is 76.3 Å². The summed E-state index contributed by atoms with van der Waals surface area (Å²) in [5.41, 5.74) is 4.35. The number of hydrogen-bond acceptors (Lipinski definition) is 5. The number of carbonyl (C=O) groups excluding carboxylic acids is 2. The quantitative estimate of drug-likeness (QED) is 0.722. The Kier molecular flexibility index (Phi) is 5.16. The lowest BCUT2D eigenvalue weighted by atomic mass is 9.73. The van der Waals surface area contributed by atoms with E-state index in [0.717, 1.165) is 29.1 Å². The lowest BCUT2D eigenvalue weighted by Gasteiger charge is -2.36. The van der Waals surface area contributed by atoms with Crippen LogP contribution in [0.2, 0.25) is 0 Å². The number of pyridine rings is 1. The van der Waals surface area contributed by atoms with Crippen LogP contribution in [0.4, 0.5) is 5.82 Å². The number of carbonyl (C=O) groups is 2. The Morgan fingerprint density at radius 3 is 2.57 bits per heavy atom. The average Bonchev–Trinajstić information content (AvgIpc) is 2.67. The molecule has 3 N–H and O–H groups in total. The first-order valence-corrected chi connectivity index (χ1v) is 10.1. The van der Waals surface area contributed by atoms with Crippen LogP contribution >= 0.6 is 0 Å². The Labute approximate surface area is 175 Å². The van der Waals surface area contributed by atoms with Gasteiger partial charge in [-0.15, -0.1) is 0 Å². The van der Waals surface area contributed by atoms with E-state index in [-0.39, 0.29) is 23.4 Å². The lowest BCUT2D eigenvalue weighted by molar-refractivity contribution is -0.117. The molecule has 6 nitrogen and oxygen atoms in total. The van der Waals surface area contributed by atoms with E-state index in [9.17, 15) is 14.7 Å². The number of dihydropyridines is 1. The van der Waals surface area contributed by atoms with E-state index >= 15 is 0 Å². The first-order chi connectivity index (χ1) is 14.3. The molecule has 0 bridgehead atoms. The molecule has 1 aromatic carbocycles. The zero-order valence-electron chi connectivity index (χ0n) is 17.3. The summed E-state index contributed by atoms with van der Waals surface area (Å²) in [5.74, 6) is 0.125. The maximum atomic E-state index is 13.4. The van der Waals surface area contributed by atoms with Gasteiger partial charge in [-0.05, 0) is 56.0 Å². The van der Waals surface area contributed by atoms with Gasteiger partial charge in [-0.3, -0.25) is 9.59 Å². The summed E-state index contributed by atoms with van der Waals surface area (Å²) in [6.07, 6.45) is 1.23. The van der Waals surface area contributed by atoms with Crippen molar-refractivity contribution in [2.24, 2.45) is 5.92 Å². The molecule has 0 saturated heterocycles. The van der Waals surface area contributed by atoms with E-state index in [1.54, 1.807) is 30.3 Å². The molecule has 154 valence electrons. The van der Waals surface area contributed by atoms with Gasteiger partial charge in [0.25, 0.3) is 5.91 Å². The standard InChI is InChI=1S/C24H25N3O3/c1-13-11-18-23(19(29)12-13)22(16-7-9-17(28)10-8-16)21(15(3)26-18)24(30)27-20-6-4-5-14(2)25-20/h4-10,13,22,26,28H,11-12H2,1-3H3,(H,25,27,30)/t13-,22-/m0/s1. The number of amides is 1. The van der Waals surface area contributed by atoms with E-state index in [0.29, 0.717) is 23.4 Å². The Bertz CT molecular complexity index is 1080. The molecule has 0 saturated carbocycles. The van der Waals surface area contributed by atoms with Gasteiger partial charge in [0.15, 0.2) is 5.78 Å². The number of benzene rings is 1. The van der Waals surface area contributed by atoms with E-state index in [4.69, 9.17) is 0 Å². The van der Waals surface area contributed by atoms with Gasteiger partial charge in [0.1, 0.15) is 11.6 Å². The minimum atomic E-state index is -0.494. The van der Waals surface area contributed by atoms with Crippen LogP contribution in [0.5, 0.6) is 5.75 Å². The number of aromatic nitrogens is 1. The highest BCUT2D eigenvalue weighted by atomic mass is 16.3. The van der Waals surface area contributed by atoms with Crippen LogP contribution in [0.3, 0.4) is 0 Å². The molecule has 1 aromatic heterocycles. The molecule has 1 aliphatic heterocycles. The third kappa shape index (κ3) is 3.73. The molecule has 2 atom stereocenters. The number of phenols is 1. The molecule has 4 rings (SSSR count). The fourth-order valence-corrected chi connectivity index (χ4v) is 4.33. The van der Waals surface area contributed by atoms with Gasteiger partial charge in [0, 0.05) is 40.6 Å². The summed E-state index contributed by atoms with van der Waals surface area (Å²) in [5, 5.41) is 15.9. The third-order valence-corrected chi connectivity index (χ3v) is 5.63. The first kappa shape index (κ1) is 19.9. The number of phenolic OH excluding ortho intramolecular Hbond substituents is 1. The monoisotopic (exact) mass is 403 g/mol. The normalized spacial score (nSPS) is 21.2. The number of hydrogen-bond donors (Lipinski definition) is 3. The van der Waals surface area contributed by atoms with E-state index in [1.165, 1.54) is 0 Å². The van der Waals surface area contributed by atoms with Gasteiger partial charge < -0.3 is 15.7 Å². The van der Waals surface area contributed by atoms with Gasteiger partial charge in [0.2, 0.25) is 0 Å². The van der Waals surface area contributed by atoms with Crippen molar-refractivity contribution >= 4 is 17.5 Å². The summed E-state index contributed by atoms with van der Waals surface area (Å²) in [6.45, 7) is 5.78. The molecule has 30 heavy (non-hydrogen) atoms. The Morgan fingerprint density at radius 2 is 1.87 bits per heavy atom. The molecule has 1 amide bonds. The molecule has 2 aliphatic rings. The topological polar surface area (TPSA) is 91.3 Å².